The summed E-state index contributed by atoms with van der Waals surface area (Å²) < 4.78 is 6.64. The Bertz CT molecular complexity index is 575. The van der Waals surface area contributed by atoms with Crippen LogP contribution in [0, 0.1) is 6.92 Å². The molecule has 2 rings (SSSR count). The molecule has 1 N–H and O–H groups in total. The van der Waals surface area contributed by atoms with Crippen molar-refractivity contribution in [1.29, 1.82) is 0 Å². The third-order valence-corrected chi connectivity index (χ3v) is 2.63. The summed E-state index contributed by atoms with van der Waals surface area (Å²) >= 11 is 0. The average molecular weight is 246 g/mol. The van der Waals surface area contributed by atoms with Crippen molar-refractivity contribution in [3.63, 3.8) is 0 Å². The van der Waals surface area contributed by atoms with Gasteiger partial charge in [-0.15, -0.1) is 0 Å². The van der Waals surface area contributed by atoms with Gasteiger partial charge in [-0.3, -0.25) is 0 Å². The molecule has 5 heteroatoms. The molecule has 0 saturated heterocycles. The number of aromatic nitrogens is 2. The minimum atomic E-state index is -1.04. The van der Waals surface area contributed by atoms with E-state index in [0.717, 1.165) is 11.1 Å². The SMILES string of the molecule is COc1c(C(=O)O)cnn1Cc1cccc(C)c1. The maximum Gasteiger partial charge on any atom is 0.342 e. The fourth-order valence-corrected chi connectivity index (χ4v) is 1.83. The lowest BCUT2D eigenvalue weighted by molar-refractivity contribution is 0.0693. The van der Waals surface area contributed by atoms with Crippen molar-refractivity contribution in [3.8, 4) is 5.88 Å². The van der Waals surface area contributed by atoms with E-state index in [1.165, 1.54) is 18.0 Å². The molecule has 94 valence electrons. The van der Waals surface area contributed by atoms with Gasteiger partial charge in [-0.05, 0) is 12.5 Å². The summed E-state index contributed by atoms with van der Waals surface area (Å²) in [4.78, 5) is 11.0. The predicted molar refractivity (Wildman–Crippen MR) is 66.0 cm³/mol. The first-order chi connectivity index (χ1) is 8.61. The molecule has 0 aliphatic heterocycles. The third-order valence-electron chi connectivity index (χ3n) is 2.63. The lowest BCUT2D eigenvalue weighted by atomic mass is 10.1. The van der Waals surface area contributed by atoms with Crippen molar-refractivity contribution in [2.45, 2.75) is 13.5 Å². The van der Waals surface area contributed by atoms with Gasteiger partial charge in [0, 0.05) is 0 Å². The topological polar surface area (TPSA) is 64.3 Å². The number of hydrogen-bond acceptors (Lipinski definition) is 3. The highest BCUT2D eigenvalue weighted by Gasteiger charge is 2.17. The molecule has 0 spiro atoms. The zero-order chi connectivity index (χ0) is 13.1. The summed E-state index contributed by atoms with van der Waals surface area (Å²) in [5.74, 6) is -0.772. The standard InChI is InChI=1S/C13H14N2O3/c1-9-4-3-5-10(6-9)8-15-12(18-2)11(7-14-15)13(16)17/h3-7H,8H2,1-2H3,(H,16,17). The molecule has 2 aromatic rings. The van der Waals surface area contributed by atoms with E-state index in [2.05, 4.69) is 5.10 Å². The average Bonchev–Trinajstić information content (AvgIpc) is 2.72. The van der Waals surface area contributed by atoms with Crippen LogP contribution >= 0.6 is 0 Å². The zero-order valence-electron chi connectivity index (χ0n) is 10.3. The normalized spacial score (nSPS) is 10.3. The Morgan fingerprint density at radius 2 is 2.28 bits per heavy atom. The van der Waals surface area contributed by atoms with E-state index in [4.69, 9.17) is 9.84 Å². The minimum absolute atomic E-state index is 0.0742. The molecule has 5 nitrogen and oxygen atoms in total. The van der Waals surface area contributed by atoms with E-state index in [0.29, 0.717) is 6.54 Å². The number of hydrogen-bond donors (Lipinski definition) is 1. The molecule has 0 saturated carbocycles. The van der Waals surface area contributed by atoms with Gasteiger partial charge in [0.1, 0.15) is 5.56 Å². The number of benzene rings is 1. The fourth-order valence-electron chi connectivity index (χ4n) is 1.83. The molecule has 0 unspecified atom stereocenters. The third kappa shape index (κ3) is 2.34. The quantitative estimate of drug-likeness (QED) is 0.895. The summed E-state index contributed by atoms with van der Waals surface area (Å²) in [6.45, 7) is 2.49. The molecular formula is C13H14N2O3. The first-order valence-corrected chi connectivity index (χ1v) is 5.50. The van der Waals surface area contributed by atoms with Crippen molar-refractivity contribution in [3.05, 3.63) is 47.2 Å². The second-order valence-electron chi connectivity index (χ2n) is 4.02. The summed E-state index contributed by atoms with van der Waals surface area (Å²) in [5.41, 5.74) is 2.27. The van der Waals surface area contributed by atoms with Crippen LogP contribution in [0.5, 0.6) is 5.88 Å². The monoisotopic (exact) mass is 246 g/mol. The first-order valence-electron chi connectivity index (χ1n) is 5.50. The molecule has 0 bridgehead atoms. The molecule has 0 aliphatic carbocycles. The molecule has 0 amide bonds. The number of aryl methyl sites for hydroxylation is 1. The van der Waals surface area contributed by atoms with Crippen LogP contribution in [0.1, 0.15) is 21.5 Å². The van der Waals surface area contributed by atoms with Gasteiger partial charge < -0.3 is 9.84 Å². The van der Waals surface area contributed by atoms with E-state index in [1.807, 2.05) is 31.2 Å². The van der Waals surface area contributed by atoms with Gasteiger partial charge in [0.2, 0.25) is 5.88 Å². The number of rotatable bonds is 4. The van der Waals surface area contributed by atoms with Crippen LogP contribution in [0.3, 0.4) is 0 Å². The van der Waals surface area contributed by atoms with Crippen LogP contribution in [-0.2, 0) is 6.54 Å². The summed E-state index contributed by atoms with van der Waals surface area (Å²) in [5, 5.41) is 13.0. The van der Waals surface area contributed by atoms with E-state index < -0.39 is 5.97 Å². The summed E-state index contributed by atoms with van der Waals surface area (Å²) in [6, 6.07) is 7.96. The Morgan fingerprint density at radius 3 is 2.89 bits per heavy atom. The van der Waals surface area contributed by atoms with Crippen LogP contribution in [0.4, 0.5) is 0 Å². The number of carbonyl (C=O) groups is 1. The Hall–Kier alpha value is -2.30. The Kier molecular flexibility index (Phi) is 3.32. The second kappa shape index (κ2) is 4.91. The maximum absolute atomic E-state index is 11.0. The van der Waals surface area contributed by atoms with Crippen LogP contribution < -0.4 is 4.74 Å². The molecule has 18 heavy (non-hydrogen) atoms. The van der Waals surface area contributed by atoms with E-state index in [1.54, 1.807) is 0 Å². The van der Waals surface area contributed by atoms with Crippen LogP contribution in [0.25, 0.3) is 0 Å². The van der Waals surface area contributed by atoms with E-state index >= 15 is 0 Å². The number of ether oxygens (including phenoxy) is 1. The molecule has 0 fully saturated rings. The predicted octanol–water partition coefficient (Wildman–Crippen LogP) is 1.95. The molecule has 1 heterocycles. The molecule has 1 aromatic carbocycles. The molecular weight excluding hydrogens is 232 g/mol. The largest absolute Gasteiger partial charge is 0.481 e. The van der Waals surface area contributed by atoms with Gasteiger partial charge in [0.25, 0.3) is 0 Å². The highest BCUT2D eigenvalue weighted by atomic mass is 16.5. The second-order valence-corrected chi connectivity index (χ2v) is 4.02. The number of methoxy groups -OCH3 is 1. The Morgan fingerprint density at radius 1 is 1.50 bits per heavy atom. The highest BCUT2D eigenvalue weighted by molar-refractivity contribution is 5.89. The van der Waals surface area contributed by atoms with Gasteiger partial charge in [-0.25, -0.2) is 9.48 Å². The number of carboxylic acid groups (broad SMARTS) is 1. The lowest BCUT2D eigenvalue weighted by Crippen LogP contribution is -2.06. The molecule has 0 atom stereocenters. The van der Waals surface area contributed by atoms with Gasteiger partial charge in [0.05, 0.1) is 19.9 Å². The Balaban J connectivity index is 2.32. The van der Waals surface area contributed by atoms with Gasteiger partial charge >= 0.3 is 5.97 Å². The zero-order valence-corrected chi connectivity index (χ0v) is 10.3. The van der Waals surface area contributed by atoms with E-state index in [9.17, 15) is 4.79 Å². The van der Waals surface area contributed by atoms with Crippen molar-refractivity contribution < 1.29 is 14.6 Å². The van der Waals surface area contributed by atoms with Crippen molar-refractivity contribution in [2.24, 2.45) is 0 Å². The first kappa shape index (κ1) is 12.2. The van der Waals surface area contributed by atoms with Gasteiger partial charge in [-0.1, -0.05) is 29.8 Å². The lowest BCUT2D eigenvalue weighted by Gasteiger charge is -2.07. The number of nitrogens with zero attached hydrogens (tertiary/aromatic N) is 2. The molecule has 0 aliphatic rings. The number of carboxylic acids is 1. The summed E-state index contributed by atoms with van der Waals surface area (Å²) in [7, 11) is 1.44. The molecule has 0 radical (unpaired) electrons. The minimum Gasteiger partial charge on any atom is -0.481 e. The van der Waals surface area contributed by atoms with E-state index in [-0.39, 0.29) is 11.4 Å². The maximum atomic E-state index is 11.0. The number of aromatic carboxylic acids is 1. The highest BCUT2D eigenvalue weighted by Crippen LogP contribution is 2.19. The van der Waals surface area contributed by atoms with Crippen molar-refractivity contribution in [1.82, 2.24) is 9.78 Å². The van der Waals surface area contributed by atoms with Crippen molar-refractivity contribution in [2.75, 3.05) is 7.11 Å². The van der Waals surface area contributed by atoms with Crippen molar-refractivity contribution >= 4 is 5.97 Å². The fraction of sp³-hybridized carbons (Fsp3) is 0.231. The van der Waals surface area contributed by atoms with Crippen LogP contribution in [0.15, 0.2) is 30.5 Å². The Labute approximate surface area is 105 Å². The molecule has 1 aromatic heterocycles. The summed E-state index contributed by atoms with van der Waals surface area (Å²) in [6.07, 6.45) is 1.30. The van der Waals surface area contributed by atoms with Crippen LogP contribution in [0.2, 0.25) is 0 Å². The smallest absolute Gasteiger partial charge is 0.342 e. The van der Waals surface area contributed by atoms with Gasteiger partial charge in [-0.2, -0.15) is 5.10 Å². The van der Waals surface area contributed by atoms with Gasteiger partial charge in [0.15, 0.2) is 0 Å². The van der Waals surface area contributed by atoms with Crippen LogP contribution in [-0.4, -0.2) is 28.0 Å².